The second kappa shape index (κ2) is 7.58. The first-order valence-electron chi connectivity index (χ1n) is 10.2. The van der Waals surface area contributed by atoms with E-state index in [1.165, 1.54) is 0 Å². The van der Waals surface area contributed by atoms with Crippen LogP contribution >= 0.6 is 0 Å². The molecule has 2 aliphatic carbocycles. The average Bonchev–Trinajstić information content (AvgIpc) is 2.64. The van der Waals surface area contributed by atoms with Crippen LogP contribution in [0.25, 0.3) is 0 Å². The average molecular weight is 451 g/mol. The van der Waals surface area contributed by atoms with E-state index in [9.17, 15) is 26.7 Å². The largest absolute Gasteiger partial charge is 0.420 e. The number of carbonyl (C=O) groups is 1. The molecule has 0 N–H and O–H groups in total. The predicted molar refractivity (Wildman–Crippen MR) is 103 cm³/mol. The first-order valence-corrected chi connectivity index (χ1v) is 13.1. The maximum Gasteiger partial charge on any atom is 0.317 e. The molecule has 168 valence electrons. The van der Waals surface area contributed by atoms with Gasteiger partial charge < -0.3 is 9.16 Å². The van der Waals surface area contributed by atoms with Gasteiger partial charge in [-0.1, -0.05) is 33.6 Å². The summed E-state index contributed by atoms with van der Waals surface area (Å²) in [5, 5.41) is -0.130. The quantitative estimate of drug-likeness (QED) is 0.136. The number of carbonyl (C=O) groups excluding carboxylic acids is 1. The normalized spacial score (nSPS) is 26.7. The van der Waals surface area contributed by atoms with Crippen molar-refractivity contribution in [1.82, 2.24) is 0 Å². The molecule has 3 nitrogen and oxygen atoms in total. The summed E-state index contributed by atoms with van der Waals surface area (Å²) in [5.41, 5.74) is -0.817. The van der Waals surface area contributed by atoms with Crippen LogP contribution in [-0.4, -0.2) is 19.9 Å². The molecule has 3 atom stereocenters. The van der Waals surface area contributed by atoms with E-state index in [1.54, 1.807) is 0 Å². The molecule has 0 saturated heterocycles. The van der Waals surface area contributed by atoms with Crippen molar-refractivity contribution in [3.05, 3.63) is 29.1 Å². The molecule has 0 bridgehead atoms. The minimum atomic E-state index is -2.31. The van der Waals surface area contributed by atoms with Crippen molar-refractivity contribution < 1.29 is 35.9 Å². The molecule has 2 fully saturated rings. The van der Waals surface area contributed by atoms with E-state index in [1.807, 2.05) is 0 Å². The molecule has 1 aromatic carbocycles. The molecule has 0 radical (unpaired) electrons. The Kier molecular flexibility index (Phi) is 5.86. The van der Waals surface area contributed by atoms with Crippen LogP contribution in [0.4, 0.5) is 22.0 Å². The van der Waals surface area contributed by atoms with Gasteiger partial charge in [0.25, 0.3) is 0 Å². The summed E-state index contributed by atoms with van der Waals surface area (Å²) >= 11 is 0. The molecule has 0 aromatic heterocycles. The molecule has 0 aliphatic heterocycles. The summed E-state index contributed by atoms with van der Waals surface area (Å²) in [6.07, 6.45) is 3.69. The zero-order valence-electron chi connectivity index (χ0n) is 17.8. The lowest BCUT2D eigenvalue weighted by Gasteiger charge is -2.60. The first-order chi connectivity index (χ1) is 13.7. The van der Waals surface area contributed by atoms with Crippen molar-refractivity contribution in [2.24, 2.45) is 11.8 Å². The molecular weight excluding hydrogens is 423 g/mol. The van der Waals surface area contributed by atoms with Crippen LogP contribution in [0.1, 0.15) is 52.9 Å². The predicted octanol–water partition coefficient (Wildman–Crippen LogP) is 6.26. The second-order valence-electron chi connectivity index (χ2n) is 9.87. The van der Waals surface area contributed by atoms with Crippen molar-refractivity contribution in [3.8, 4) is 5.75 Å². The summed E-state index contributed by atoms with van der Waals surface area (Å²) in [5.74, 6) is -14.2. The van der Waals surface area contributed by atoms with Gasteiger partial charge in [0.1, 0.15) is 0 Å². The number of hydrogen-bond acceptors (Lipinski definition) is 3. The van der Waals surface area contributed by atoms with E-state index in [2.05, 4.69) is 33.9 Å². The number of esters is 1. The number of fused-ring (bicyclic) bond motifs is 1. The van der Waals surface area contributed by atoms with E-state index >= 15 is 0 Å². The van der Waals surface area contributed by atoms with E-state index < -0.39 is 60.6 Å². The Labute approximate surface area is 174 Å². The van der Waals surface area contributed by atoms with Crippen molar-refractivity contribution >= 4 is 14.3 Å². The summed E-state index contributed by atoms with van der Waals surface area (Å²) < 4.78 is 79.6. The third-order valence-electron chi connectivity index (χ3n) is 7.08. The molecule has 0 amide bonds. The third-order valence-corrected chi connectivity index (χ3v) is 11.6. The third kappa shape index (κ3) is 3.57. The topological polar surface area (TPSA) is 35.5 Å². The summed E-state index contributed by atoms with van der Waals surface area (Å²) in [6, 6.07) is 0. The van der Waals surface area contributed by atoms with Crippen LogP contribution in [0.15, 0.2) is 0 Å². The number of halogens is 5. The van der Waals surface area contributed by atoms with Crippen LogP contribution in [-0.2, 0) is 9.22 Å². The van der Waals surface area contributed by atoms with Crippen LogP contribution < -0.4 is 4.74 Å². The standard InChI is InChI=1S/C21H27F5O3Si/c1-20(2,3)30(4,5)29-21-9-7-6-8-11(21)10-12(21)19(27)28-18-16(25)14(23)13(22)15(24)17(18)26/h11-12H,6-10H2,1-5H3/t11-,12-,21+/m0/s1. The van der Waals surface area contributed by atoms with Gasteiger partial charge in [-0.2, -0.15) is 8.78 Å². The Bertz CT molecular complexity index is 838. The Morgan fingerprint density at radius 1 is 0.967 bits per heavy atom. The second-order valence-corrected chi connectivity index (χ2v) is 14.6. The van der Waals surface area contributed by atoms with E-state index in [0.717, 1.165) is 19.3 Å². The monoisotopic (exact) mass is 450 g/mol. The zero-order valence-corrected chi connectivity index (χ0v) is 18.8. The van der Waals surface area contributed by atoms with E-state index in [-0.39, 0.29) is 11.0 Å². The van der Waals surface area contributed by atoms with Crippen molar-refractivity contribution in [1.29, 1.82) is 0 Å². The zero-order chi connectivity index (χ0) is 22.6. The molecule has 30 heavy (non-hydrogen) atoms. The molecule has 0 unspecified atom stereocenters. The highest BCUT2D eigenvalue weighted by atomic mass is 28.4. The lowest BCUT2D eigenvalue weighted by Crippen LogP contribution is -2.66. The van der Waals surface area contributed by atoms with Gasteiger partial charge >= 0.3 is 5.97 Å². The fourth-order valence-corrected chi connectivity index (χ4v) is 5.98. The van der Waals surface area contributed by atoms with Crippen molar-refractivity contribution in [3.63, 3.8) is 0 Å². The van der Waals surface area contributed by atoms with Gasteiger partial charge in [0.05, 0.1) is 11.5 Å². The molecular formula is C21H27F5O3Si. The Balaban J connectivity index is 1.91. The number of ether oxygens (including phenoxy) is 1. The highest BCUT2D eigenvalue weighted by molar-refractivity contribution is 6.74. The van der Waals surface area contributed by atoms with Crippen LogP contribution in [0, 0.1) is 40.9 Å². The number of hydrogen-bond donors (Lipinski definition) is 0. The van der Waals surface area contributed by atoms with Crippen LogP contribution in [0.2, 0.25) is 18.1 Å². The van der Waals surface area contributed by atoms with Crippen LogP contribution in [0.5, 0.6) is 5.75 Å². The molecule has 0 heterocycles. The Hall–Kier alpha value is -1.48. The molecule has 9 heteroatoms. The van der Waals surface area contributed by atoms with Crippen LogP contribution in [0.3, 0.4) is 0 Å². The van der Waals surface area contributed by atoms with E-state index in [0.29, 0.717) is 12.8 Å². The SMILES string of the molecule is CC(C)(C)[Si](C)(C)O[C@]12CCCC[C@H]1C[C@H]2C(=O)Oc1c(F)c(F)c(F)c(F)c1F. The summed E-state index contributed by atoms with van der Waals surface area (Å²) in [4.78, 5) is 12.8. The number of rotatable bonds is 4. The molecule has 0 spiro atoms. The summed E-state index contributed by atoms with van der Waals surface area (Å²) in [6.45, 7) is 10.3. The van der Waals surface area contributed by atoms with Gasteiger partial charge in [0, 0.05) is 0 Å². The minimum Gasteiger partial charge on any atom is -0.420 e. The molecule has 3 rings (SSSR count). The first kappa shape index (κ1) is 23.2. The maximum atomic E-state index is 14.0. The smallest absolute Gasteiger partial charge is 0.317 e. The van der Waals surface area contributed by atoms with E-state index in [4.69, 9.17) is 9.16 Å². The summed E-state index contributed by atoms with van der Waals surface area (Å²) in [7, 11) is -2.31. The number of benzene rings is 1. The Morgan fingerprint density at radius 2 is 1.50 bits per heavy atom. The molecule has 2 aliphatic rings. The van der Waals surface area contributed by atoms with Gasteiger partial charge in [-0.15, -0.1) is 0 Å². The van der Waals surface area contributed by atoms with Gasteiger partial charge in [-0.25, -0.2) is 13.2 Å². The van der Waals surface area contributed by atoms with Gasteiger partial charge in [-0.05, 0) is 43.3 Å². The minimum absolute atomic E-state index is 0.106. The highest BCUT2D eigenvalue weighted by Gasteiger charge is 2.63. The van der Waals surface area contributed by atoms with Crippen molar-refractivity contribution in [2.75, 3.05) is 0 Å². The maximum absolute atomic E-state index is 14.0. The lowest BCUT2D eigenvalue weighted by molar-refractivity contribution is -0.187. The highest BCUT2D eigenvalue weighted by Crippen LogP contribution is 2.58. The molecule has 2 saturated carbocycles. The van der Waals surface area contributed by atoms with Gasteiger partial charge in [0.15, 0.2) is 8.32 Å². The Morgan fingerprint density at radius 3 is 2.00 bits per heavy atom. The van der Waals surface area contributed by atoms with Gasteiger partial charge in [0.2, 0.25) is 34.8 Å². The lowest BCUT2D eigenvalue weighted by atomic mass is 9.55. The molecule has 1 aromatic rings. The van der Waals surface area contributed by atoms with Gasteiger partial charge in [-0.3, -0.25) is 4.79 Å². The fraction of sp³-hybridized carbons (Fsp3) is 0.667. The van der Waals surface area contributed by atoms with Crippen molar-refractivity contribution in [2.45, 2.75) is 76.6 Å². The fourth-order valence-electron chi connectivity index (χ4n) is 4.32.